The van der Waals surface area contributed by atoms with Crippen molar-refractivity contribution in [3.8, 4) is 17.2 Å². The number of alkyl halides is 2. The highest BCUT2D eigenvalue weighted by Crippen LogP contribution is 2.28. The van der Waals surface area contributed by atoms with E-state index >= 15 is 0 Å². The molecule has 0 aliphatic carbocycles. The maximum absolute atomic E-state index is 13.7. The van der Waals surface area contributed by atoms with Crippen molar-refractivity contribution in [2.45, 2.75) is 84.5 Å². The lowest BCUT2D eigenvalue weighted by atomic mass is 9.97. The van der Waals surface area contributed by atoms with Crippen LogP contribution in [0.3, 0.4) is 0 Å². The molecule has 0 bridgehead atoms. The SMILES string of the molecule is C/C=C\CCCC(=O)NCC(=O)Oc1ccc(C(=O)OCCCCO[N+](=O)[O-])cc1OC.CCCC(/C=C/C(F)(F)COc1ccccc1)CCC. The van der Waals surface area contributed by atoms with Crippen molar-refractivity contribution in [1.82, 2.24) is 5.32 Å². The molecule has 2 rings (SSSR count). The van der Waals surface area contributed by atoms with Crippen molar-refractivity contribution in [3.63, 3.8) is 0 Å². The number of nitrogens with one attached hydrogen (secondary N) is 1. The summed E-state index contributed by atoms with van der Waals surface area (Å²) in [6, 6.07) is 12.9. The zero-order valence-corrected chi connectivity index (χ0v) is 30.5. The fourth-order valence-electron chi connectivity index (χ4n) is 4.53. The summed E-state index contributed by atoms with van der Waals surface area (Å²) in [6.45, 7) is 5.14. The minimum atomic E-state index is -2.92. The molecule has 52 heavy (non-hydrogen) atoms. The highest BCUT2D eigenvalue weighted by Gasteiger charge is 2.26. The van der Waals surface area contributed by atoms with Crippen molar-refractivity contribution in [2.24, 2.45) is 5.92 Å². The van der Waals surface area contributed by atoms with E-state index in [1.807, 2.05) is 25.1 Å². The maximum atomic E-state index is 13.7. The molecule has 0 unspecified atom stereocenters. The van der Waals surface area contributed by atoms with Gasteiger partial charge in [-0.15, -0.1) is 10.1 Å². The van der Waals surface area contributed by atoms with Crippen molar-refractivity contribution in [3.05, 3.63) is 88.5 Å². The van der Waals surface area contributed by atoms with E-state index in [-0.39, 0.29) is 48.6 Å². The van der Waals surface area contributed by atoms with Crippen LogP contribution in [0.15, 0.2) is 72.8 Å². The molecule has 288 valence electrons. The van der Waals surface area contributed by atoms with Gasteiger partial charge in [0, 0.05) is 6.42 Å². The lowest BCUT2D eigenvalue weighted by molar-refractivity contribution is -0.757. The number of hydrogen-bond acceptors (Lipinski definition) is 10. The summed E-state index contributed by atoms with van der Waals surface area (Å²) in [5, 5.41) is 11.6. The second-order valence-electron chi connectivity index (χ2n) is 11.5. The molecule has 0 heterocycles. The number of amides is 1. The van der Waals surface area contributed by atoms with Gasteiger partial charge in [-0.1, -0.05) is 63.1 Å². The first-order chi connectivity index (χ1) is 24.9. The molecule has 0 spiro atoms. The van der Waals surface area contributed by atoms with Crippen molar-refractivity contribution >= 4 is 17.8 Å². The minimum Gasteiger partial charge on any atom is -0.493 e. The van der Waals surface area contributed by atoms with Gasteiger partial charge in [0.15, 0.2) is 18.1 Å². The number of allylic oxidation sites excluding steroid dienone is 3. The Morgan fingerprint density at radius 1 is 0.981 bits per heavy atom. The number of nitrogens with zero attached hydrogens (tertiary/aromatic N) is 1. The number of rotatable bonds is 24. The molecule has 14 heteroatoms. The van der Waals surface area contributed by atoms with Crippen molar-refractivity contribution in [2.75, 3.05) is 33.5 Å². The van der Waals surface area contributed by atoms with Gasteiger partial charge in [-0.2, -0.15) is 8.78 Å². The van der Waals surface area contributed by atoms with E-state index in [9.17, 15) is 33.3 Å². The Labute approximate surface area is 304 Å². The van der Waals surface area contributed by atoms with Gasteiger partial charge >= 0.3 is 11.9 Å². The van der Waals surface area contributed by atoms with Gasteiger partial charge in [-0.05, 0) is 87.8 Å². The molecule has 0 aliphatic rings. The van der Waals surface area contributed by atoms with E-state index in [4.69, 9.17) is 18.9 Å². The van der Waals surface area contributed by atoms with Crippen LogP contribution in [-0.4, -0.2) is 62.3 Å². The Balaban J connectivity index is 0.000000578. The van der Waals surface area contributed by atoms with E-state index in [2.05, 4.69) is 24.0 Å². The van der Waals surface area contributed by atoms with Crippen LogP contribution in [0.2, 0.25) is 0 Å². The van der Waals surface area contributed by atoms with Crippen molar-refractivity contribution in [1.29, 1.82) is 0 Å². The average Bonchev–Trinajstić information content (AvgIpc) is 3.13. The Hall–Kier alpha value is -5.01. The van der Waals surface area contributed by atoms with Crippen LogP contribution in [0.4, 0.5) is 8.78 Å². The summed E-state index contributed by atoms with van der Waals surface area (Å²) in [5.74, 6) is -3.53. The number of para-hydroxylation sites is 1. The number of ether oxygens (including phenoxy) is 4. The average molecular weight is 735 g/mol. The summed E-state index contributed by atoms with van der Waals surface area (Å²) in [4.78, 5) is 50.0. The number of hydrogen-bond donors (Lipinski definition) is 1. The molecule has 2 aromatic rings. The fourth-order valence-corrected chi connectivity index (χ4v) is 4.53. The summed E-state index contributed by atoms with van der Waals surface area (Å²) < 4.78 is 48.0. The normalized spacial score (nSPS) is 11.1. The number of benzene rings is 2. The third-order valence-electron chi connectivity index (χ3n) is 7.14. The zero-order valence-electron chi connectivity index (χ0n) is 30.5. The largest absolute Gasteiger partial charge is 0.493 e. The summed E-state index contributed by atoms with van der Waals surface area (Å²) in [5.41, 5.74) is 0.178. The molecule has 0 radical (unpaired) electrons. The standard InChI is InChI=1S/C21H28N2O9.C17H24F2O/c1-3-4-5-6-9-19(24)22-15-20(25)32-17-11-10-16(14-18(17)29-2)21(26)30-12-7-8-13-31-23(27)28;1-3-8-15(9-4-2)12-13-17(18,19)14-20-16-10-6-5-7-11-16/h3-4,10-11,14H,5-9,12-13,15H2,1-2H3,(H,22,24);5-7,10-13,15H,3-4,8-9,14H2,1-2H3/b4-3-;13-12+. The van der Waals surface area contributed by atoms with Crippen LogP contribution in [-0.2, 0) is 19.2 Å². The van der Waals surface area contributed by atoms with Gasteiger partial charge in [0.1, 0.15) is 12.3 Å². The van der Waals surface area contributed by atoms with E-state index in [0.29, 0.717) is 31.4 Å². The Kier molecular flexibility index (Phi) is 23.2. The van der Waals surface area contributed by atoms with Gasteiger partial charge < -0.3 is 29.1 Å². The van der Waals surface area contributed by atoms with Crippen LogP contribution in [0.1, 0.15) is 88.9 Å². The molecular formula is C38H52F2N2O10. The Morgan fingerprint density at radius 3 is 2.31 bits per heavy atom. The molecule has 0 saturated heterocycles. The minimum absolute atomic E-state index is 0.0629. The number of halogens is 2. The predicted octanol–water partition coefficient (Wildman–Crippen LogP) is 8.08. The third kappa shape index (κ3) is 21.3. The molecule has 2 aromatic carbocycles. The number of unbranched alkanes of at least 4 members (excludes halogenated alkanes) is 2. The quantitative estimate of drug-likeness (QED) is 0.0280. The fraction of sp³-hybridized carbons (Fsp3) is 0.500. The molecule has 0 aromatic heterocycles. The number of carbonyl (C=O) groups excluding carboxylic acids is 3. The molecule has 1 N–H and O–H groups in total. The van der Waals surface area contributed by atoms with E-state index < -0.39 is 29.6 Å². The zero-order chi connectivity index (χ0) is 38.6. The Bertz CT molecular complexity index is 1400. The summed E-state index contributed by atoms with van der Waals surface area (Å²) in [7, 11) is 1.35. The number of methoxy groups -OCH3 is 1. The maximum Gasteiger partial charge on any atom is 0.338 e. The predicted molar refractivity (Wildman–Crippen MR) is 192 cm³/mol. The highest BCUT2D eigenvalue weighted by atomic mass is 19.3. The van der Waals surface area contributed by atoms with Crippen LogP contribution < -0.4 is 19.5 Å². The lowest BCUT2D eigenvalue weighted by Crippen LogP contribution is -2.31. The van der Waals surface area contributed by atoms with Crippen LogP contribution >= 0.6 is 0 Å². The number of esters is 2. The van der Waals surface area contributed by atoms with Gasteiger partial charge in [0.25, 0.3) is 11.0 Å². The lowest BCUT2D eigenvalue weighted by Gasteiger charge is -2.15. The van der Waals surface area contributed by atoms with E-state index in [1.54, 1.807) is 30.3 Å². The topological polar surface area (TPSA) is 153 Å². The molecule has 1 amide bonds. The highest BCUT2D eigenvalue weighted by molar-refractivity contribution is 5.90. The molecule has 12 nitrogen and oxygen atoms in total. The first-order valence-electron chi connectivity index (χ1n) is 17.4. The second-order valence-corrected chi connectivity index (χ2v) is 11.5. The Morgan fingerprint density at radius 2 is 1.67 bits per heavy atom. The van der Waals surface area contributed by atoms with Crippen molar-refractivity contribution < 1.29 is 52.0 Å². The summed E-state index contributed by atoms with van der Waals surface area (Å²) in [6.07, 6.45) is 13.0. The second kappa shape index (κ2) is 26.8. The molecule has 0 fully saturated rings. The van der Waals surface area contributed by atoms with Crippen LogP contribution in [0.25, 0.3) is 0 Å². The summed E-state index contributed by atoms with van der Waals surface area (Å²) >= 11 is 0. The first-order valence-corrected chi connectivity index (χ1v) is 17.4. The van der Waals surface area contributed by atoms with Gasteiger partial charge in [0.05, 0.1) is 25.9 Å². The molecule has 0 saturated carbocycles. The molecule has 0 aliphatic heterocycles. The third-order valence-corrected chi connectivity index (χ3v) is 7.14. The van der Waals surface area contributed by atoms with Crippen LogP contribution in [0, 0.1) is 16.0 Å². The van der Waals surface area contributed by atoms with Gasteiger partial charge in [-0.3, -0.25) is 4.79 Å². The first kappa shape index (κ1) is 45.0. The molecular weight excluding hydrogens is 682 g/mol. The molecule has 0 atom stereocenters. The van der Waals surface area contributed by atoms with Gasteiger partial charge in [-0.25, -0.2) is 9.59 Å². The number of carbonyl (C=O) groups is 3. The van der Waals surface area contributed by atoms with Crippen LogP contribution in [0.5, 0.6) is 17.2 Å². The smallest absolute Gasteiger partial charge is 0.338 e. The van der Waals surface area contributed by atoms with E-state index in [1.165, 1.54) is 25.3 Å². The monoisotopic (exact) mass is 734 g/mol. The van der Waals surface area contributed by atoms with Gasteiger partial charge in [0.2, 0.25) is 5.91 Å². The van der Waals surface area contributed by atoms with E-state index in [0.717, 1.165) is 38.2 Å².